The van der Waals surface area contributed by atoms with Gasteiger partial charge in [-0.1, -0.05) is 18.3 Å². The van der Waals surface area contributed by atoms with Crippen LogP contribution in [0.3, 0.4) is 0 Å². The van der Waals surface area contributed by atoms with E-state index in [1.165, 1.54) is 17.3 Å². The van der Waals surface area contributed by atoms with E-state index >= 15 is 0 Å². The molecule has 0 atom stereocenters. The standard InChI is InChI=1S/C11H13N3S2/c1-13(2)11(15)16-14-6-5-8-3-4-9(12)7-10(8)14/h3-7H,12H2,1-2H3. The topological polar surface area (TPSA) is 34.2 Å². The Hall–Kier alpha value is -1.20. The molecule has 2 rings (SSSR count). The Morgan fingerprint density at radius 3 is 2.81 bits per heavy atom. The molecule has 0 spiro atoms. The second-order valence-corrected chi connectivity index (χ2v) is 5.32. The zero-order valence-electron chi connectivity index (χ0n) is 9.18. The molecule has 16 heavy (non-hydrogen) atoms. The molecular weight excluding hydrogens is 238 g/mol. The highest BCUT2D eigenvalue weighted by atomic mass is 32.2. The maximum absolute atomic E-state index is 5.78. The summed E-state index contributed by atoms with van der Waals surface area (Å²) in [6.07, 6.45) is 2.00. The second-order valence-electron chi connectivity index (χ2n) is 3.71. The number of anilines is 1. The van der Waals surface area contributed by atoms with E-state index in [1.807, 2.05) is 47.4 Å². The Kier molecular flexibility index (Phi) is 3.07. The van der Waals surface area contributed by atoms with Gasteiger partial charge in [0.25, 0.3) is 0 Å². The molecule has 1 aromatic carbocycles. The Bertz CT molecular complexity index is 531. The summed E-state index contributed by atoms with van der Waals surface area (Å²) in [6.45, 7) is 0. The second kappa shape index (κ2) is 4.35. The van der Waals surface area contributed by atoms with Crippen molar-refractivity contribution in [3.05, 3.63) is 30.5 Å². The van der Waals surface area contributed by atoms with Gasteiger partial charge in [0, 0.05) is 43.3 Å². The first-order chi connectivity index (χ1) is 7.58. The van der Waals surface area contributed by atoms with Gasteiger partial charge >= 0.3 is 0 Å². The number of fused-ring (bicyclic) bond motifs is 1. The lowest BCUT2D eigenvalue weighted by Crippen LogP contribution is -2.17. The monoisotopic (exact) mass is 251 g/mol. The van der Waals surface area contributed by atoms with Crippen molar-refractivity contribution in [3.8, 4) is 0 Å². The molecule has 2 aromatic rings. The number of nitrogen functional groups attached to an aromatic ring is 1. The van der Waals surface area contributed by atoms with Gasteiger partial charge < -0.3 is 10.6 Å². The Labute approximate surface area is 104 Å². The third-order valence-corrected chi connectivity index (χ3v) is 3.85. The number of nitrogens with two attached hydrogens (primary N) is 1. The van der Waals surface area contributed by atoms with Crippen molar-refractivity contribution < 1.29 is 0 Å². The molecule has 5 heteroatoms. The van der Waals surface area contributed by atoms with Crippen LogP contribution in [0.15, 0.2) is 30.5 Å². The third kappa shape index (κ3) is 2.15. The minimum absolute atomic E-state index is 0.767. The highest BCUT2D eigenvalue weighted by Crippen LogP contribution is 2.24. The number of hydrogen-bond acceptors (Lipinski definition) is 3. The molecule has 0 fully saturated rings. The van der Waals surface area contributed by atoms with E-state index in [0.717, 1.165) is 15.5 Å². The normalized spacial score (nSPS) is 10.6. The number of nitrogens with zero attached hydrogens (tertiary/aromatic N) is 2. The van der Waals surface area contributed by atoms with E-state index < -0.39 is 0 Å². The summed E-state index contributed by atoms with van der Waals surface area (Å²) in [5, 5.41) is 1.17. The predicted molar refractivity (Wildman–Crippen MR) is 75.6 cm³/mol. The highest BCUT2D eigenvalue weighted by Gasteiger charge is 2.06. The summed E-state index contributed by atoms with van der Waals surface area (Å²) in [7, 11) is 3.88. The zero-order chi connectivity index (χ0) is 11.7. The maximum Gasteiger partial charge on any atom is 0.156 e. The van der Waals surface area contributed by atoms with E-state index in [9.17, 15) is 0 Å². The first kappa shape index (κ1) is 11.3. The van der Waals surface area contributed by atoms with Crippen molar-refractivity contribution in [3.63, 3.8) is 0 Å². The predicted octanol–water partition coefficient (Wildman–Crippen LogP) is 2.57. The third-order valence-electron chi connectivity index (χ3n) is 2.22. The average Bonchev–Trinajstić information content (AvgIpc) is 2.61. The molecule has 0 aliphatic rings. The van der Waals surface area contributed by atoms with Crippen LogP contribution in [0.1, 0.15) is 0 Å². The lowest BCUT2D eigenvalue weighted by Gasteiger charge is -2.13. The molecule has 0 unspecified atom stereocenters. The molecule has 3 nitrogen and oxygen atoms in total. The van der Waals surface area contributed by atoms with Crippen LogP contribution in [-0.4, -0.2) is 27.3 Å². The highest BCUT2D eigenvalue weighted by molar-refractivity contribution is 8.22. The van der Waals surface area contributed by atoms with Crippen LogP contribution in [0, 0.1) is 0 Å². The summed E-state index contributed by atoms with van der Waals surface area (Å²) in [5.74, 6) is 0. The van der Waals surface area contributed by atoms with Crippen LogP contribution in [0.4, 0.5) is 5.69 Å². The molecule has 2 N–H and O–H groups in total. The van der Waals surface area contributed by atoms with Crippen LogP contribution in [0.2, 0.25) is 0 Å². The van der Waals surface area contributed by atoms with E-state index in [1.54, 1.807) is 0 Å². The summed E-state index contributed by atoms with van der Waals surface area (Å²) in [6, 6.07) is 7.93. The van der Waals surface area contributed by atoms with Crippen molar-refractivity contribution in [2.24, 2.45) is 0 Å². The first-order valence-electron chi connectivity index (χ1n) is 4.84. The van der Waals surface area contributed by atoms with Crippen molar-refractivity contribution in [2.75, 3.05) is 19.8 Å². The van der Waals surface area contributed by atoms with Gasteiger partial charge in [-0.3, -0.25) is 3.97 Å². The van der Waals surface area contributed by atoms with E-state index in [-0.39, 0.29) is 0 Å². The van der Waals surface area contributed by atoms with Gasteiger partial charge in [0.2, 0.25) is 0 Å². The van der Waals surface area contributed by atoms with Gasteiger partial charge in [0.1, 0.15) is 0 Å². The molecule has 0 bridgehead atoms. The zero-order valence-corrected chi connectivity index (χ0v) is 10.8. The van der Waals surface area contributed by atoms with Gasteiger partial charge in [0.05, 0.1) is 5.52 Å². The van der Waals surface area contributed by atoms with Gasteiger partial charge in [-0.25, -0.2) is 0 Å². The Morgan fingerprint density at radius 2 is 2.12 bits per heavy atom. The largest absolute Gasteiger partial charge is 0.399 e. The van der Waals surface area contributed by atoms with Gasteiger partial charge in [0.15, 0.2) is 4.32 Å². The van der Waals surface area contributed by atoms with Gasteiger partial charge in [-0.2, -0.15) is 0 Å². The summed E-state index contributed by atoms with van der Waals surface area (Å²) in [5.41, 5.74) is 7.64. The van der Waals surface area contributed by atoms with Gasteiger partial charge in [-0.15, -0.1) is 0 Å². The van der Waals surface area contributed by atoms with Gasteiger partial charge in [-0.05, 0) is 18.2 Å². The van der Waals surface area contributed by atoms with E-state index in [0.29, 0.717) is 0 Å². The molecular formula is C11H13N3S2. The molecule has 0 amide bonds. The fourth-order valence-corrected chi connectivity index (χ4v) is 2.32. The first-order valence-corrected chi connectivity index (χ1v) is 6.02. The molecule has 0 saturated heterocycles. The number of benzene rings is 1. The van der Waals surface area contributed by atoms with Crippen LogP contribution in [0.5, 0.6) is 0 Å². The maximum atomic E-state index is 5.78. The minimum Gasteiger partial charge on any atom is -0.399 e. The summed E-state index contributed by atoms with van der Waals surface area (Å²) < 4.78 is 2.86. The smallest absolute Gasteiger partial charge is 0.156 e. The number of hydrogen-bond donors (Lipinski definition) is 1. The molecule has 0 aliphatic carbocycles. The minimum atomic E-state index is 0.767. The lowest BCUT2D eigenvalue weighted by atomic mass is 10.2. The molecule has 0 radical (unpaired) electrons. The number of aromatic nitrogens is 1. The van der Waals surface area contributed by atoms with Crippen molar-refractivity contribution in [1.82, 2.24) is 8.87 Å². The van der Waals surface area contributed by atoms with Crippen LogP contribution < -0.4 is 5.73 Å². The molecule has 0 aliphatic heterocycles. The fraction of sp³-hybridized carbons (Fsp3) is 0.182. The van der Waals surface area contributed by atoms with E-state index in [4.69, 9.17) is 18.0 Å². The number of rotatable bonds is 1. The Balaban J connectivity index is 2.38. The van der Waals surface area contributed by atoms with Crippen LogP contribution >= 0.6 is 24.2 Å². The fourth-order valence-electron chi connectivity index (χ4n) is 1.37. The molecule has 1 aromatic heterocycles. The van der Waals surface area contributed by atoms with Crippen LogP contribution in [0.25, 0.3) is 10.9 Å². The summed E-state index contributed by atoms with van der Waals surface area (Å²) in [4.78, 5) is 1.91. The lowest BCUT2D eigenvalue weighted by molar-refractivity contribution is 0.647. The van der Waals surface area contributed by atoms with Crippen molar-refractivity contribution in [2.45, 2.75) is 0 Å². The molecule has 0 saturated carbocycles. The average molecular weight is 251 g/mol. The SMILES string of the molecule is CN(C)C(=S)Sn1ccc2ccc(N)cc21. The molecule has 1 heterocycles. The quantitative estimate of drug-likeness (QED) is 0.624. The van der Waals surface area contributed by atoms with Crippen molar-refractivity contribution in [1.29, 1.82) is 0 Å². The van der Waals surface area contributed by atoms with Crippen molar-refractivity contribution >= 4 is 45.1 Å². The number of thiocarbonyl (C=S) groups is 1. The van der Waals surface area contributed by atoms with E-state index in [2.05, 4.69) is 6.07 Å². The van der Waals surface area contributed by atoms with Crippen LogP contribution in [-0.2, 0) is 0 Å². The summed E-state index contributed by atoms with van der Waals surface area (Å²) >= 11 is 6.77. The molecule has 84 valence electrons. The Morgan fingerprint density at radius 1 is 1.38 bits per heavy atom.